The summed E-state index contributed by atoms with van der Waals surface area (Å²) in [6.45, 7) is 0. The van der Waals surface area contributed by atoms with Crippen molar-refractivity contribution in [3.63, 3.8) is 0 Å². The molecule has 0 amide bonds. The molecule has 4 nitrogen and oxygen atoms in total. The van der Waals surface area contributed by atoms with E-state index >= 15 is 0 Å². The van der Waals surface area contributed by atoms with E-state index in [0.29, 0.717) is 26.2 Å². The third kappa shape index (κ3) is 1780. The molecule has 0 aromatic rings. The van der Waals surface area contributed by atoms with Crippen LogP contribution in [0.5, 0.6) is 0 Å². The van der Waals surface area contributed by atoms with Gasteiger partial charge in [0.2, 0.25) is 0 Å². The van der Waals surface area contributed by atoms with Gasteiger partial charge in [0.05, 0.1) is 0 Å². The van der Waals surface area contributed by atoms with Crippen molar-refractivity contribution in [3.05, 3.63) is 0 Å². The zero-order valence-electron chi connectivity index (χ0n) is 2.75. The Morgan fingerprint density at radius 2 is 1.33 bits per heavy atom. The molecule has 5 heteroatoms. The Morgan fingerprint density at radius 1 is 1.33 bits per heavy atom. The van der Waals surface area contributed by atoms with Gasteiger partial charge >= 0.3 is 35.4 Å². The maximum atomic E-state index is 8.56. The molecule has 3 N–H and O–H groups in total. The second kappa shape index (κ2) is 8.94. The molecule has 0 fully saturated rings. The van der Waals surface area contributed by atoms with Crippen molar-refractivity contribution >= 4 is 32.4 Å². The van der Waals surface area contributed by atoms with Crippen molar-refractivity contribution in [3.8, 4) is 0 Å². The zero-order chi connectivity index (χ0) is 5.58. The molecule has 35 valence electrons. The van der Waals surface area contributed by atoms with Crippen LogP contribution in [0, 0.1) is 0 Å². The van der Waals surface area contributed by atoms with E-state index < -0.39 is 6.16 Å². The number of carboxylic acid groups (broad SMARTS) is 2. The van der Waals surface area contributed by atoms with Crippen LogP contribution in [0.2, 0.25) is 0 Å². The second-order valence-corrected chi connectivity index (χ2v) is 0.283. The van der Waals surface area contributed by atoms with Gasteiger partial charge in [-0.2, -0.15) is 0 Å². The Kier molecular flexibility index (Phi) is 14.1. The normalized spacial score (nSPS) is 5.00. The molecule has 0 aliphatic heterocycles. The van der Waals surface area contributed by atoms with E-state index in [0.717, 1.165) is 0 Å². The SMILES string of the molecule is O=C(O)O.[OH][Pb]. The molecule has 0 saturated carbocycles. The first-order valence-corrected chi connectivity index (χ1v) is 2.61. The van der Waals surface area contributed by atoms with Gasteiger partial charge in [0.25, 0.3) is 0 Å². The summed E-state index contributed by atoms with van der Waals surface area (Å²) in [6.07, 6.45) is -1.83. The van der Waals surface area contributed by atoms with Gasteiger partial charge in [0.15, 0.2) is 0 Å². The summed E-state index contributed by atoms with van der Waals surface area (Å²) in [4.78, 5) is 8.56. The van der Waals surface area contributed by atoms with Crippen molar-refractivity contribution < 1.29 is 18.1 Å². The molecular weight excluding hydrogens is 283 g/mol. The van der Waals surface area contributed by atoms with Gasteiger partial charge in [0, 0.05) is 0 Å². The fourth-order valence-electron chi connectivity index (χ4n) is 0. The Bertz CT molecular complexity index is 30.5. The fourth-order valence-corrected chi connectivity index (χ4v) is 0. The third-order valence-corrected chi connectivity index (χ3v) is 0. The summed E-state index contributed by atoms with van der Waals surface area (Å²) in [5, 5.41) is 13.9. The molecule has 0 aromatic heterocycles. The molecule has 0 aromatic carbocycles. The van der Waals surface area contributed by atoms with Gasteiger partial charge < -0.3 is 10.2 Å². The Labute approximate surface area is 50.8 Å². The summed E-state index contributed by atoms with van der Waals surface area (Å²) >= 11 is 0.306. The molecule has 0 saturated heterocycles. The van der Waals surface area contributed by atoms with E-state index in [1.807, 2.05) is 0 Å². The van der Waals surface area contributed by atoms with Crippen LogP contribution in [0.15, 0.2) is 0 Å². The predicted molar refractivity (Wildman–Crippen MR) is 18.6 cm³/mol. The van der Waals surface area contributed by atoms with Crippen LogP contribution < -0.4 is 0 Å². The molecule has 0 aliphatic carbocycles. The number of hydrogen-bond donors (Lipinski definition) is 3. The van der Waals surface area contributed by atoms with E-state index in [1.54, 1.807) is 0 Å². The number of rotatable bonds is 0. The number of carbonyl (C=O) groups is 1. The van der Waals surface area contributed by atoms with Crippen LogP contribution in [0.25, 0.3) is 0 Å². The van der Waals surface area contributed by atoms with Crippen LogP contribution in [-0.4, -0.2) is 45.6 Å². The number of hydrogen-bond acceptors (Lipinski definition) is 2. The molecule has 0 spiro atoms. The van der Waals surface area contributed by atoms with E-state index in [1.165, 1.54) is 0 Å². The summed E-state index contributed by atoms with van der Waals surface area (Å²) < 4.78 is 7.14. The summed E-state index contributed by atoms with van der Waals surface area (Å²) in [5.74, 6) is 0. The monoisotopic (exact) mass is 287 g/mol. The van der Waals surface area contributed by atoms with Gasteiger partial charge in [-0.15, -0.1) is 0 Å². The first-order chi connectivity index (χ1) is 2.73. The van der Waals surface area contributed by atoms with Crippen molar-refractivity contribution in [1.82, 2.24) is 0 Å². The molecule has 6 heavy (non-hydrogen) atoms. The van der Waals surface area contributed by atoms with Crippen LogP contribution in [0.4, 0.5) is 4.79 Å². The second-order valence-electron chi connectivity index (χ2n) is 0.283. The summed E-state index contributed by atoms with van der Waals surface area (Å²) in [5.41, 5.74) is 0. The van der Waals surface area contributed by atoms with Crippen LogP contribution in [-0.2, 0) is 0 Å². The van der Waals surface area contributed by atoms with Crippen LogP contribution in [0.3, 0.4) is 0 Å². The molecule has 0 aliphatic rings. The van der Waals surface area contributed by atoms with Crippen molar-refractivity contribution in [2.45, 2.75) is 0 Å². The first-order valence-electron chi connectivity index (χ1n) is 0.875. The molecule has 0 unspecified atom stereocenters. The maximum absolute atomic E-state index is 8.56. The van der Waals surface area contributed by atoms with E-state index in [9.17, 15) is 0 Å². The minimum absolute atomic E-state index is 0.306. The van der Waals surface area contributed by atoms with Gasteiger partial charge in [-0.3, -0.25) is 0 Å². The quantitative estimate of drug-likeness (QED) is 0.514. The third-order valence-electron chi connectivity index (χ3n) is 0. The molecule has 0 atom stereocenters. The molecule has 3 radical (unpaired) electrons. The van der Waals surface area contributed by atoms with Gasteiger partial charge in [-0.25, -0.2) is 4.79 Å². The zero-order valence-corrected chi connectivity index (χ0v) is 6.64. The standard InChI is InChI=1S/CH2O3.H2O.Pb/c2-1(3)4;;/h(H2,2,3,4);1H2;/q;;+1/p-1. The van der Waals surface area contributed by atoms with E-state index in [-0.39, 0.29) is 0 Å². The van der Waals surface area contributed by atoms with Crippen LogP contribution >= 0.6 is 0 Å². The van der Waals surface area contributed by atoms with E-state index in [4.69, 9.17) is 18.1 Å². The van der Waals surface area contributed by atoms with Crippen molar-refractivity contribution in [2.24, 2.45) is 0 Å². The van der Waals surface area contributed by atoms with E-state index in [2.05, 4.69) is 0 Å². The first kappa shape index (κ1) is 9.47. The Morgan fingerprint density at radius 3 is 1.33 bits per heavy atom. The average molecular weight is 286 g/mol. The van der Waals surface area contributed by atoms with Crippen molar-refractivity contribution in [2.75, 3.05) is 0 Å². The fraction of sp³-hybridized carbons (Fsp3) is 0. The molecule has 0 rings (SSSR count). The Balaban J connectivity index is 0. The minimum atomic E-state index is -1.83. The topological polar surface area (TPSA) is 77.8 Å². The average Bonchev–Trinajstić information content (AvgIpc) is 1.41. The summed E-state index contributed by atoms with van der Waals surface area (Å²) in [7, 11) is 0. The van der Waals surface area contributed by atoms with Crippen LogP contribution in [0.1, 0.15) is 0 Å². The van der Waals surface area contributed by atoms with Gasteiger partial charge in [0.1, 0.15) is 0 Å². The molecular formula is CH3O4Pb. The summed E-state index contributed by atoms with van der Waals surface area (Å²) in [6, 6.07) is 0. The van der Waals surface area contributed by atoms with Crippen molar-refractivity contribution in [1.29, 1.82) is 0 Å². The molecule has 0 heterocycles. The Hall–Kier alpha value is 0.152. The predicted octanol–water partition coefficient (Wildman–Crippen LogP) is -0.715. The van der Waals surface area contributed by atoms with Gasteiger partial charge in [-0.1, -0.05) is 0 Å². The molecule has 0 bridgehead atoms. The van der Waals surface area contributed by atoms with Gasteiger partial charge in [-0.05, 0) is 0 Å².